The number of hydrogen-bond donors (Lipinski definition) is 2. The lowest BCUT2D eigenvalue weighted by Crippen LogP contribution is -2.43. The maximum atomic E-state index is 9.31. The predicted molar refractivity (Wildman–Crippen MR) is 79.7 cm³/mol. The van der Waals surface area contributed by atoms with Crippen molar-refractivity contribution in [1.82, 2.24) is 19.8 Å². The van der Waals surface area contributed by atoms with Gasteiger partial charge in [-0.3, -0.25) is 4.90 Å². The molecule has 2 aromatic rings. The van der Waals surface area contributed by atoms with E-state index in [9.17, 15) is 5.11 Å². The Kier molecular flexibility index (Phi) is 4.00. The van der Waals surface area contributed by atoms with Crippen LogP contribution in [0.1, 0.15) is 11.4 Å². The number of nitrogens with zero attached hydrogens (tertiary/aromatic N) is 3. The number of fused-ring (bicyclic) bond motifs is 1. The lowest BCUT2D eigenvalue weighted by Gasteiger charge is -2.26. The molecule has 0 spiro atoms. The number of aliphatic hydroxyl groups is 1. The fourth-order valence-corrected chi connectivity index (χ4v) is 2.83. The van der Waals surface area contributed by atoms with Gasteiger partial charge in [-0.1, -0.05) is 6.07 Å². The van der Waals surface area contributed by atoms with Gasteiger partial charge in [0.2, 0.25) is 0 Å². The van der Waals surface area contributed by atoms with Crippen molar-refractivity contribution in [2.75, 3.05) is 32.8 Å². The Morgan fingerprint density at radius 3 is 2.85 bits per heavy atom. The fourth-order valence-electron chi connectivity index (χ4n) is 2.83. The van der Waals surface area contributed by atoms with E-state index in [1.165, 1.54) is 5.56 Å². The molecule has 5 heteroatoms. The van der Waals surface area contributed by atoms with Crippen molar-refractivity contribution in [3.8, 4) is 0 Å². The van der Waals surface area contributed by atoms with Crippen molar-refractivity contribution in [1.29, 1.82) is 0 Å². The van der Waals surface area contributed by atoms with Gasteiger partial charge >= 0.3 is 0 Å². The number of hydrogen-bond acceptors (Lipinski definition) is 4. The molecule has 5 nitrogen and oxygen atoms in total. The second-order valence-electron chi connectivity index (χ2n) is 5.42. The molecule has 108 valence electrons. The highest BCUT2D eigenvalue weighted by Crippen LogP contribution is 2.19. The van der Waals surface area contributed by atoms with Gasteiger partial charge < -0.3 is 15.0 Å². The van der Waals surface area contributed by atoms with E-state index in [4.69, 9.17) is 4.98 Å². The fraction of sp³-hybridized carbons (Fsp3) is 0.533. The SMILES string of the molecule is Cc1ccc2c(c1)nc(CN1CCNCC1)n2CCO. The van der Waals surface area contributed by atoms with E-state index in [0.29, 0.717) is 6.54 Å². The van der Waals surface area contributed by atoms with E-state index in [1.807, 2.05) is 0 Å². The van der Waals surface area contributed by atoms with Gasteiger partial charge in [0, 0.05) is 32.7 Å². The molecule has 1 aliphatic rings. The van der Waals surface area contributed by atoms with E-state index >= 15 is 0 Å². The summed E-state index contributed by atoms with van der Waals surface area (Å²) < 4.78 is 2.15. The smallest absolute Gasteiger partial charge is 0.124 e. The zero-order valence-electron chi connectivity index (χ0n) is 12.0. The third-order valence-corrected chi connectivity index (χ3v) is 3.88. The van der Waals surface area contributed by atoms with Crippen molar-refractivity contribution in [2.24, 2.45) is 0 Å². The van der Waals surface area contributed by atoms with Crippen LogP contribution in [0, 0.1) is 6.92 Å². The molecule has 0 bridgehead atoms. The molecule has 2 N–H and O–H groups in total. The number of benzene rings is 1. The third-order valence-electron chi connectivity index (χ3n) is 3.88. The first kappa shape index (κ1) is 13.5. The van der Waals surface area contributed by atoms with Crippen molar-refractivity contribution in [3.05, 3.63) is 29.6 Å². The molecule has 1 aromatic heterocycles. The molecule has 1 aliphatic heterocycles. The summed E-state index contributed by atoms with van der Waals surface area (Å²) in [5, 5.41) is 12.7. The average molecular weight is 274 g/mol. The largest absolute Gasteiger partial charge is 0.395 e. The topological polar surface area (TPSA) is 53.3 Å². The second-order valence-corrected chi connectivity index (χ2v) is 5.42. The average Bonchev–Trinajstić information content (AvgIpc) is 2.77. The number of nitrogens with one attached hydrogen (secondary N) is 1. The van der Waals surface area contributed by atoms with E-state index in [1.54, 1.807) is 0 Å². The van der Waals surface area contributed by atoms with Gasteiger partial charge in [-0.25, -0.2) is 4.98 Å². The predicted octanol–water partition coefficient (Wildman–Crippen LogP) is 0.742. The van der Waals surface area contributed by atoms with Crippen molar-refractivity contribution < 1.29 is 5.11 Å². The van der Waals surface area contributed by atoms with Crippen molar-refractivity contribution in [2.45, 2.75) is 20.0 Å². The van der Waals surface area contributed by atoms with Crippen molar-refractivity contribution >= 4 is 11.0 Å². The number of piperazine rings is 1. The summed E-state index contributed by atoms with van der Waals surface area (Å²) in [4.78, 5) is 7.19. The first-order valence-electron chi connectivity index (χ1n) is 7.27. The molecule has 0 atom stereocenters. The third kappa shape index (κ3) is 2.70. The molecule has 2 heterocycles. The van der Waals surface area contributed by atoms with Crippen LogP contribution in [0.4, 0.5) is 0 Å². The Bertz CT molecular complexity index is 587. The van der Waals surface area contributed by atoms with E-state index in [-0.39, 0.29) is 6.61 Å². The van der Waals surface area contributed by atoms with Crippen molar-refractivity contribution in [3.63, 3.8) is 0 Å². The quantitative estimate of drug-likeness (QED) is 0.863. The van der Waals surface area contributed by atoms with Crippen LogP contribution >= 0.6 is 0 Å². The second kappa shape index (κ2) is 5.91. The van der Waals surface area contributed by atoms with Gasteiger partial charge in [0.1, 0.15) is 5.82 Å². The zero-order chi connectivity index (χ0) is 13.9. The Balaban J connectivity index is 1.93. The molecule has 0 amide bonds. The Morgan fingerprint density at radius 2 is 2.10 bits per heavy atom. The number of aliphatic hydroxyl groups excluding tert-OH is 1. The normalized spacial score (nSPS) is 16.9. The molecule has 0 unspecified atom stereocenters. The summed E-state index contributed by atoms with van der Waals surface area (Å²) in [7, 11) is 0. The molecule has 1 fully saturated rings. The van der Waals surface area contributed by atoms with Crippen LogP contribution < -0.4 is 5.32 Å². The maximum absolute atomic E-state index is 9.31. The minimum atomic E-state index is 0.147. The van der Waals surface area contributed by atoms with Crippen LogP contribution in [-0.2, 0) is 13.1 Å². The first-order chi connectivity index (χ1) is 9.78. The Morgan fingerprint density at radius 1 is 1.30 bits per heavy atom. The summed E-state index contributed by atoms with van der Waals surface area (Å²) in [5.74, 6) is 1.06. The molecule has 0 radical (unpaired) electrons. The standard InChI is InChI=1S/C15H22N4O/c1-12-2-3-14-13(10-12)17-15(19(14)8-9-20)11-18-6-4-16-5-7-18/h2-3,10,16,20H,4-9,11H2,1H3. The maximum Gasteiger partial charge on any atom is 0.124 e. The molecular formula is C15H22N4O. The van der Waals surface area contributed by atoms with Gasteiger partial charge in [0.15, 0.2) is 0 Å². The van der Waals surface area contributed by atoms with Gasteiger partial charge in [-0.2, -0.15) is 0 Å². The highest BCUT2D eigenvalue weighted by molar-refractivity contribution is 5.76. The molecule has 1 saturated heterocycles. The van der Waals surface area contributed by atoms with E-state index in [0.717, 1.165) is 49.6 Å². The van der Waals surface area contributed by atoms with Crippen LogP contribution in [-0.4, -0.2) is 52.3 Å². The lowest BCUT2D eigenvalue weighted by molar-refractivity contribution is 0.221. The molecule has 1 aromatic carbocycles. The number of aromatic nitrogens is 2. The number of aryl methyl sites for hydroxylation is 1. The highest BCUT2D eigenvalue weighted by Gasteiger charge is 2.15. The summed E-state index contributed by atoms with van der Waals surface area (Å²) in [5.41, 5.74) is 3.37. The van der Waals surface area contributed by atoms with Gasteiger partial charge in [-0.15, -0.1) is 0 Å². The number of rotatable bonds is 4. The zero-order valence-corrected chi connectivity index (χ0v) is 12.0. The van der Waals surface area contributed by atoms with Crippen LogP contribution in [0.3, 0.4) is 0 Å². The Labute approximate surface area is 119 Å². The molecule has 3 rings (SSSR count). The highest BCUT2D eigenvalue weighted by atomic mass is 16.3. The molecular weight excluding hydrogens is 252 g/mol. The van der Waals surface area contributed by atoms with Gasteiger partial charge in [0.25, 0.3) is 0 Å². The molecule has 0 saturated carbocycles. The van der Waals surface area contributed by atoms with Crippen LogP contribution in [0.15, 0.2) is 18.2 Å². The van der Waals surface area contributed by atoms with E-state index in [2.05, 4.69) is 39.9 Å². The summed E-state index contributed by atoms with van der Waals surface area (Å²) in [6, 6.07) is 6.32. The molecule has 20 heavy (non-hydrogen) atoms. The van der Waals surface area contributed by atoms with E-state index < -0.39 is 0 Å². The minimum Gasteiger partial charge on any atom is -0.395 e. The van der Waals surface area contributed by atoms with Gasteiger partial charge in [0.05, 0.1) is 24.2 Å². The lowest BCUT2D eigenvalue weighted by atomic mass is 10.2. The summed E-state index contributed by atoms with van der Waals surface area (Å²) in [6.07, 6.45) is 0. The van der Waals surface area contributed by atoms with Crippen LogP contribution in [0.2, 0.25) is 0 Å². The van der Waals surface area contributed by atoms with Crippen LogP contribution in [0.25, 0.3) is 11.0 Å². The first-order valence-corrected chi connectivity index (χ1v) is 7.27. The molecule has 0 aliphatic carbocycles. The summed E-state index contributed by atoms with van der Waals surface area (Å²) in [6.45, 7) is 7.89. The van der Waals surface area contributed by atoms with Gasteiger partial charge in [-0.05, 0) is 24.6 Å². The minimum absolute atomic E-state index is 0.147. The van der Waals surface area contributed by atoms with Crippen LogP contribution in [0.5, 0.6) is 0 Å². The monoisotopic (exact) mass is 274 g/mol. The number of imidazole rings is 1. The summed E-state index contributed by atoms with van der Waals surface area (Å²) >= 11 is 0. The Hall–Kier alpha value is -1.43.